The fourth-order valence-corrected chi connectivity index (χ4v) is 2.28. The molecular weight excluding hydrogens is 249 g/mol. The summed E-state index contributed by atoms with van der Waals surface area (Å²) in [6.45, 7) is 1.56. The van der Waals surface area contributed by atoms with Gasteiger partial charge in [-0.15, -0.1) is 0 Å². The third kappa shape index (κ3) is 2.61. The van der Waals surface area contributed by atoms with Crippen molar-refractivity contribution in [1.82, 2.24) is 10.2 Å². The first kappa shape index (κ1) is 13.6. The van der Waals surface area contributed by atoms with Crippen molar-refractivity contribution in [3.63, 3.8) is 0 Å². The van der Waals surface area contributed by atoms with E-state index < -0.39 is 24.6 Å². The second-order valence-corrected chi connectivity index (χ2v) is 5.14. The topological polar surface area (TPSA) is 52.6 Å². The van der Waals surface area contributed by atoms with E-state index in [0.29, 0.717) is 12.3 Å². The summed E-state index contributed by atoms with van der Waals surface area (Å²) in [5, 5.41) is 12.5. The molecule has 0 saturated carbocycles. The van der Waals surface area contributed by atoms with E-state index in [1.54, 1.807) is 0 Å². The predicted octanol–water partition coefficient (Wildman–Crippen LogP) is 0.512. The molecular formula is C11H17F3N2O2. The Kier molecular flexibility index (Phi) is 3.55. The zero-order chi connectivity index (χ0) is 13.4. The lowest BCUT2D eigenvalue weighted by Crippen LogP contribution is -2.55. The molecule has 1 amide bonds. The maximum Gasteiger partial charge on any atom is 0.417 e. The Morgan fingerprint density at radius 3 is 2.28 bits per heavy atom. The van der Waals surface area contributed by atoms with Gasteiger partial charge in [0.25, 0.3) is 0 Å². The lowest BCUT2D eigenvalue weighted by Gasteiger charge is -2.40. The van der Waals surface area contributed by atoms with Gasteiger partial charge in [0.1, 0.15) is 0 Å². The lowest BCUT2D eigenvalue weighted by atomic mass is 9.90. The summed E-state index contributed by atoms with van der Waals surface area (Å²) >= 11 is 0. The van der Waals surface area contributed by atoms with Crippen LogP contribution in [0, 0.1) is 5.92 Å². The van der Waals surface area contributed by atoms with Crippen LogP contribution in [0.25, 0.3) is 0 Å². The molecule has 0 spiro atoms. The highest BCUT2D eigenvalue weighted by Crippen LogP contribution is 2.38. The predicted molar refractivity (Wildman–Crippen MR) is 57.8 cm³/mol. The van der Waals surface area contributed by atoms with Crippen LogP contribution in [0.5, 0.6) is 0 Å². The number of carbonyl (C=O) groups is 1. The first-order chi connectivity index (χ1) is 8.32. The minimum atomic E-state index is -4.61. The summed E-state index contributed by atoms with van der Waals surface area (Å²) in [6.07, 6.45) is -5.08. The van der Waals surface area contributed by atoms with E-state index in [1.165, 1.54) is 4.90 Å². The van der Waals surface area contributed by atoms with Gasteiger partial charge in [-0.25, -0.2) is 0 Å². The first-order valence-electron chi connectivity index (χ1n) is 6.09. The molecule has 0 aliphatic carbocycles. The zero-order valence-electron chi connectivity index (χ0n) is 9.96. The number of halogens is 3. The van der Waals surface area contributed by atoms with E-state index in [4.69, 9.17) is 0 Å². The van der Waals surface area contributed by atoms with Gasteiger partial charge in [-0.2, -0.15) is 13.2 Å². The molecule has 0 aromatic rings. The minimum Gasteiger partial charge on any atom is -0.380 e. The normalized spacial score (nSPS) is 24.8. The molecule has 0 atom stereocenters. The molecule has 2 aliphatic heterocycles. The van der Waals surface area contributed by atoms with Crippen molar-refractivity contribution < 1.29 is 23.1 Å². The number of amides is 1. The average Bonchev–Trinajstić information content (AvgIpc) is 2.22. The summed E-state index contributed by atoms with van der Waals surface area (Å²) < 4.78 is 37.7. The van der Waals surface area contributed by atoms with Gasteiger partial charge in [0, 0.05) is 32.4 Å². The van der Waals surface area contributed by atoms with Crippen LogP contribution in [0.15, 0.2) is 0 Å². The number of carbonyl (C=O) groups excluding carboxylic acids is 1. The second-order valence-electron chi connectivity index (χ2n) is 5.14. The number of likely N-dealkylation sites (tertiary alicyclic amines) is 1. The smallest absolute Gasteiger partial charge is 0.380 e. The van der Waals surface area contributed by atoms with Crippen molar-refractivity contribution in [3.8, 4) is 0 Å². The van der Waals surface area contributed by atoms with Gasteiger partial charge in [0.15, 0.2) is 5.60 Å². The van der Waals surface area contributed by atoms with E-state index >= 15 is 0 Å². The summed E-state index contributed by atoms with van der Waals surface area (Å²) in [7, 11) is 0. The number of aliphatic hydroxyl groups is 1. The minimum absolute atomic E-state index is 0.0189. The van der Waals surface area contributed by atoms with E-state index in [-0.39, 0.29) is 19.0 Å². The summed E-state index contributed by atoms with van der Waals surface area (Å²) in [5.74, 6) is 0.201. The van der Waals surface area contributed by atoms with Crippen LogP contribution in [0.1, 0.15) is 19.3 Å². The van der Waals surface area contributed by atoms with E-state index in [1.807, 2.05) is 0 Å². The zero-order valence-corrected chi connectivity index (χ0v) is 9.96. The maximum atomic E-state index is 12.6. The summed E-state index contributed by atoms with van der Waals surface area (Å²) in [6, 6.07) is 0. The number of nitrogens with zero attached hydrogens (tertiary/aromatic N) is 1. The lowest BCUT2D eigenvalue weighted by molar-refractivity contribution is -0.272. The molecule has 2 N–H and O–H groups in total. The van der Waals surface area contributed by atoms with Crippen molar-refractivity contribution in [2.45, 2.75) is 31.0 Å². The van der Waals surface area contributed by atoms with Crippen LogP contribution >= 0.6 is 0 Å². The Morgan fingerprint density at radius 2 is 1.89 bits per heavy atom. The molecule has 4 nitrogen and oxygen atoms in total. The maximum absolute atomic E-state index is 12.6. The van der Waals surface area contributed by atoms with Gasteiger partial charge in [-0.1, -0.05) is 0 Å². The SMILES string of the molecule is O=C(CC1CNC1)N1CCC(O)(C(F)(F)F)CC1. The van der Waals surface area contributed by atoms with E-state index in [9.17, 15) is 23.1 Å². The first-order valence-corrected chi connectivity index (χ1v) is 6.09. The number of hydrogen-bond donors (Lipinski definition) is 2. The van der Waals surface area contributed by atoms with Crippen molar-refractivity contribution in [3.05, 3.63) is 0 Å². The number of alkyl halides is 3. The standard InChI is InChI=1S/C11H17F3N2O2/c12-11(13,14)10(18)1-3-16(4-2-10)9(17)5-8-6-15-7-8/h8,15,18H,1-7H2. The molecule has 2 fully saturated rings. The van der Waals surface area contributed by atoms with E-state index in [0.717, 1.165) is 13.1 Å². The van der Waals surface area contributed by atoms with Crippen LogP contribution in [-0.2, 0) is 4.79 Å². The van der Waals surface area contributed by atoms with Gasteiger partial charge in [0.2, 0.25) is 5.91 Å². The molecule has 0 unspecified atom stereocenters. The fraction of sp³-hybridized carbons (Fsp3) is 0.909. The molecule has 2 aliphatic rings. The van der Waals surface area contributed by atoms with E-state index in [2.05, 4.69) is 5.32 Å². The highest BCUT2D eigenvalue weighted by atomic mass is 19.4. The Morgan fingerprint density at radius 1 is 1.33 bits per heavy atom. The highest BCUT2D eigenvalue weighted by Gasteiger charge is 2.54. The van der Waals surface area contributed by atoms with Crippen molar-refractivity contribution in [1.29, 1.82) is 0 Å². The van der Waals surface area contributed by atoms with Gasteiger partial charge in [0.05, 0.1) is 0 Å². The van der Waals surface area contributed by atoms with Crippen molar-refractivity contribution in [2.75, 3.05) is 26.2 Å². The van der Waals surface area contributed by atoms with Crippen molar-refractivity contribution >= 4 is 5.91 Å². The number of piperidine rings is 1. The van der Waals surface area contributed by atoms with Crippen molar-refractivity contribution in [2.24, 2.45) is 5.92 Å². The van der Waals surface area contributed by atoms with Gasteiger partial charge in [-0.05, 0) is 19.0 Å². The van der Waals surface area contributed by atoms with Crippen LogP contribution in [0.4, 0.5) is 13.2 Å². The molecule has 0 aromatic carbocycles. The average molecular weight is 266 g/mol. The summed E-state index contributed by atoms with van der Waals surface area (Å²) in [5.41, 5.74) is -2.62. The van der Waals surface area contributed by atoms with Gasteiger partial charge < -0.3 is 15.3 Å². The Bertz CT molecular complexity index is 321. The molecule has 0 aromatic heterocycles. The quantitative estimate of drug-likeness (QED) is 0.766. The van der Waals surface area contributed by atoms with Gasteiger partial charge in [-0.3, -0.25) is 4.79 Å². The third-order valence-electron chi connectivity index (χ3n) is 3.80. The van der Waals surface area contributed by atoms with Crippen LogP contribution in [-0.4, -0.2) is 53.9 Å². The highest BCUT2D eigenvalue weighted by molar-refractivity contribution is 5.76. The fourth-order valence-electron chi connectivity index (χ4n) is 2.28. The van der Waals surface area contributed by atoms with Crippen LogP contribution in [0.3, 0.4) is 0 Å². The largest absolute Gasteiger partial charge is 0.417 e. The Balaban J connectivity index is 1.84. The number of nitrogens with one attached hydrogen (secondary N) is 1. The number of rotatable bonds is 2. The molecule has 18 heavy (non-hydrogen) atoms. The Hall–Kier alpha value is -0.820. The summed E-state index contributed by atoms with van der Waals surface area (Å²) in [4.78, 5) is 13.2. The molecule has 2 saturated heterocycles. The molecule has 2 rings (SSSR count). The number of hydrogen-bond acceptors (Lipinski definition) is 3. The third-order valence-corrected chi connectivity index (χ3v) is 3.80. The molecule has 7 heteroatoms. The van der Waals surface area contributed by atoms with Crippen LogP contribution < -0.4 is 5.32 Å². The monoisotopic (exact) mass is 266 g/mol. The molecule has 0 bridgehead atoms. The molecule has 2 heterocycles. The Labute approximate surface area is 103 Å². The molecule has 0 radical (unpaired) electrons. The van der Waals surface area contributed by atoms with Gasteiger partial charge >= 0.3 is 6.18 Å². The molecule has 104 valence electrons. The second kappa shape index (κ2) is 4.70. The van der Waals surface area contributed by atoms with Crippen LogP contribution in [0.2, 0.25) is 0 Å².